The summed E-state index contributed by atoms with van der Waals surface area (Å²) in [5.74, 6) is 1.13. The van der Waals surface area contributed by atoms with Gasteiger partial charge in [-0.3, -0.25) is 9.36 Å². The predicted molar refractivity (Wildman–Crippen MR) is 129 cm³/mol. The second kappa shape index (κ2) is 10.1. The molecule has 1 saturated carbocycles. The number of nitrogens with zero attached hydrogens (tertiary/aromatic N) is 4. The van der Waals surface area contributed by atoms with Gasteiger partial charge in [0.05, 0.1) is 0 Å². The van der Waals surface area contributed by atoms with Crippen LogP contribution >= 0.6 is 12.1 Å². The van der Waals surface area contributed by atoms with Crippen molar-refractivity contribution in [3.8, 4) is 0 Å². The fourth-order valence-corrected chi connectivity index (χ4v) is 6.10. The molecule has 9 heteroatoms. The van der Waals surface area contributed by atoms with Crippen molar-refractivity contribution in [2.24, 2.45) is 5.92 Å². The highest BCUT2D eigenvalue weighted by molar-refractivity contribution is 7.95. The third kappa shape index (κ3) is 4.95. The van der Waals surface area contributed by atoms with E-state index >= 15 is 0 Å². The van der Waals surface area contributed by atoms with Gasteiger partial charge in [0, 0.05) is 74.2 Å². The maximum atomic E-state index is 12.7. The van der Waals surface area contributed by atoms with Gasteiger partial charge in [-0.1, -0.05) is 13.3 Å². The Balaban J connectivity index is 1.22. The number of nitrogens with one attached hydrogen (secondary N) is 2. The Morgan fingerprint density at radius 1 is 1.06 bits per heavy atom. The van der Waals surface area contributed by atoms with E-state index in [-0.39, 0.29) is 11.6 Å². The summed E-state index contributed by atoms with van der Waals surface area (Å²) < 4.78 is 13.4. The van der Waals surface area contributed by atoms with Crippen LogP contribution in [0.4, 0.5) is 5.95 Å². The molecule has 2 saturated heterocycles. The van der Waals surface area contributed by atoms with Crippen LogP contribution in [0.1, 0.15) is 57.9 Å². The lowest BCUT2D eigenvalue weighted by Crippen LogP contribution is -2.39. The highest BCUT2D eigenvalue weighted by Gasteiger charge is 2.28. The zero-order valence-electron chi connectivity index (χ0n) is 18.8. The van der Waals surface area contributed by atoms with E-state index in [2.05, 4.69) is 26.3 Å². The minimum Gasteiger partial charge on any atom is -0.381 e. The topological polar surface area (TPSA) is 84.3 Å². The van der Waals surface area contributed by atoms with Crippen molar-refractivity contribution in [2.45, 2.75) is 70.0 Å². The highest BCUT2D eigenvalue weighted by atomic mass is 32.2. The average molecular weight is 459 g/mol. The minimum atomic E-state index is 0.0447. The smallest absolute Gasteiger partial charge is 0.252 e. The van der Waals surface area contributed by atoms with Crippen LogP contribution in [-0.2, 0) is 4.74 Å². The molecule has 5 rings (SSSR count). The number of ether oxygens (including phenoxy) is 1. The molecule has 8 nitrogen and oxygen atoms in total. The van der Waals surface area contributed by atoms with Gasteiger partial charge in [-0.2, -0.15) is 4.98 Å². The molecule has 2 aliphatic heterocycles. The Bertz CT molecular complexity index is 971. The van der Waals surface area contributed by atoms with Gasteiger partial charge in [-0.15, -0.1) is 0 Å². The molecule has 0 amide bonds. The lowest BCUT2D eigenvalue weighted by molar-refractivity contribution is 0.0835. The molecule has 174 valence electrons. The molecule has 32 heavy (non-hydrogen) atoms. The number of aromatic nitrogens is 3. The van der Waals surface area contributed by atoms with Gasteiger partial charge in [0.25, 0.3) is 5.56 Å². The molecular formula is C23H34N6O2S. The number of piperidine rings is 1. The number of hydrogen-bond acceptors (Lipinski definition) is 8. The summed E-state index contributed by atoms with van der Waals surface area (Å²) in [4.78, 5) is 22.1. The Hall–Kier alpha value is -1.68. The maximum absolute atomic E-state index is 12.7. The molecule has 2 atom stereocenters. The van der Waals surface area contributed by atoms with Crippen LogP contribution in [0, 0.1) is 5.92 Å². The fourth-order valence-electron chi connectivity index (χ4n) is 5.18. The zero-order chi connectivity index (χ0) is 21.9. The lowest BCUT2D eigenvalue weighted by Gasteiger charge is -2.33. The van der Waals surface area contributed by atoms with E-state index < -0.39 is 0 Å². The van der Waals surface area contributed by atoms with Crippen LogP contribution in [-0.4, -0.2) is 57.2 Å². The summed E-state index contributed by atoms with van der Waals surface area (Å²) in [7, 11) is 0. The van der Waals surface area contributed by atoms with E-state index in [1.54, 1.807) is 18.2 Å². The van der Waals surface area contributed by atoms with Gasteiger partial charge in [0.15, 0.2) is 0 Å². The van der Waals surface area contributed by atoms with E-state index in [0.717, 1.165) is 69.4 Å². The van der Waals surface area contributed by atoms with Crippen molar-refractivity contribution < 1.29 is 4.74 Å². The summed E-state index contributed by atoms with van der Waals surface area (Å²) in [5.41, 5.74) is 0.811. The van der Waals surface area contributed by atoms with Crippen molar-refractivity contribution in [3.05, 3.63) is 28.7 Å². The second-order valence-electron chi connectivity index (χ2n) is 9.43. The first-order chi connectivity index (χ1) is 15.7. The molecule has 2 unspecified atom stereocenters. The number of pyridine rings is 1. The lowest BCUT2D eigenvalue weighted by atomic mass is 10.1. The standard InChI is InChI=1S/C23H34N6O2S/c1-16-3-2-4-20(16)29-21(30)6-5-17-15-24-23(26-22(17)29)25-18-7-11-28(12-8-18)32-27-19-9-13-31-14-10-19/h5-6,15-16,18-20,27H,2-4,7-14H2,1H3,(H,24,25,26). The SMILES string of the molecule is CC1CCCC1n1c(=O)ccc2cnc(NC3CCN(SNC4CCOCC4)CC3)nc21. The summed E-state index contributed by atoms with van der Waals surface area (Å²) >= 11 is 1.76. The summed E-state index contributed by atoms with van der Waals surface area (Å²) in [5, 5.41) is 4.47. The van der Waals surface area contributed by atoms with Crippen molar-refractivity contribution >= 4 is 29.1 Å². The number of anilines is 1. The predicted octanol–water partition coefficient (Wildman–Crippen LogP) is 3.36. The van der Waals surface area contributed by atoms with Crippen molar-refractivity contribution in [1.82, 2.24) is 23.6 Å². The van der Waals surface area contributed by atoms with Gasteiger partial charge in [-0.05, 0) is 50.5 Å². The molecule has 0 radical (unpaired) electrons. The molecule has 0 spiro atoms. The maximum Gasteiger partial charge on any atom is 0.252 e. The molecule has 4 heterocycles. The summed E-state index contributed by atoms with van der Waals surface area (Å²) in [6.45, 7) is 6.02. The van der Waals surface area contributed by atoms with Crippen LogP contribution in [0.25, 0.3) is 11.0 Å². The van der Waals surface area contributed by atoms with Gasteiger partial charge in [0.1, 0.15) is 5.65 Å². The number of hydrogen-bond donors (Lipinski definition) is 2. The largest absolute Gasteiger partial charge is 0.381 e. The van der Waals surface area contributed by atoms with Crippen LogP contribution < -0.4 is 15.6 Å². The van der Waals surface area contributed by atoms with Crippen LogP contribution in [0.3, 0.4) is 0 Å². The van der Waals surface area contributed by atoms with Crippen LogP contribution in [0.2, 0.25) is 0 Å². The van der Waals surface area contributed by atoms with E-state index in [0.29, 0.717) is 23.9 Å². The number of rotatable bonds is 6. The van der Waals surface area contributed by atoms with Crippen LogP contribution in [0.15, 0.2) is 23.1 Å². The number of fused-ring (bicyclic) bond motifs is 1. The Kier molecular flexibility index (Phi) is 6.96. The third-order valence-electron chi connectivity index (χ3n) is 7.17. The van der Waals surface area contributed by atoms with E-state index in [1.165, 1.54) is 12.8 Å². The van der Waals surface area contributed by atoms with Gasteiger partial charge in [0.2, 0.25) is 5.95 Å². The van der Waals surface area contributed by atoms with Crippen LogP contribution in [0.5, 0.6) is 0 Å². The molecule has 0 bridgehead atoms. The summed E-state index contributed by atoms with van der Waals surface area (Å²) in [6, 6.07) is 4.64. The first-order valence-electron chi connectivity index (χ1n) is 12.1. The van der Waals surface area contributed by atoms with E-state index in [9.17, 15) is 4.79 Å². The zero-order valence-corrected chi connectivity index (χ0v) is 19.6. The van der Waals surface area contributed by atoms with E-state index in [4.69, 9.17) is 9.72 Å². The average Bonchev–Trinajstić information content (AvgIpc) is 3.24. The van der Waals surface area contributed by atoms with Crippen molar-refractivity contribution in [2.75, 3.05) is 31.6 Å². The molecule has 2 aromatic heterocycles. The molecule has 3 aliphatic rings. The van der Waals surface area contributed by atoms with E-state index in [1.807, 2.05) is 16.8 Å². The monoisotopic (exact) mass is 458 g/mol. The molecule has 2 aromatic rings. The van der Waals surface area contributed by atoms with Crippen molar-refractivity contribution in [3.63, 3.8) is 0 Å². The van der Waals surface area contributed by atoms with Gasteiger partial charge >= 0.3 is 0 Å². The minimum absolute atomic E-state index is 0.0447. The Morgan fingerprint density at radius 2 is 1.88 bits per heavy atom. The van der Waals surface area contributed by atoms with Crippen molar-refractivity contribution in [1.29, 1.82) is 0 Å². The quantitative estimate of drug-likeness (QED) is 0.638. The van der Waals surface area contributed by atoms with Gasteiger partial charge in [-0.25, -0.2) is 14.0 Å². The van der Waals surface area contributed by atoms with Gasteiger partial charge < -0.3 is 10.1 Å². The highest BCUT2D eigenvalue weighted by Crippen LogP contribution is 2.35. The molecule has 3 fully saturated rings. The molecule has 2 N–H and O–H groups in total. The normalized spacial score (nSPS) is 26.0. The Morgan fingerprint density at radius 3 is 2.62 bits per heavy atom. The first kappa shape index (κ1) is 22.1. The summed E-state index contributed by atoms with van der Waals surface area (Å²) in [6.07, 6.45) is 9.52. The molecular weight excluding hydrogens is 424 g/mol. The molecule has 0 aromatic carbocycles. The third-order valence-corrected chi connectivity index (χ3v) is 8.23. The second-order valence-corrected chi connectivity index (χ2v) is 10.4. The fraction of sp³-hybridized carbons (Fsp3) is 0.696. The first-order valence-corrected chi connectivity index (χ1v) is 12.8. The Labute approximate surface area is 193 Å². The molecule has 1 aliphatic carbocycles.